The van der Waals surface area contributed by atoms with E-state index in [1.807, 2.05) is 24.9 Å². The largest absolute Gasteiger partial charge is 0.366 e. The van der Waals surface area contributed by atoms with Gasteiger partial charge >= 0.3 is 0 Å². The molecule has 2 aromatic rings. The number of anilines is 1. The first-order chi connectivity index (χ1) is 8.04. The Hall–Kier alpha value is -1.11. The topological polar surface area (TPSA) is 42.7 Å². The number of rotatable bonds is 3. The van der Waals surface area contributed by atoms with Crippen LogP contribution in [0.4, 0.5) is 5.82 Å². The fraction of sp³-hybridized carbons (Fsp3) is 0.333. The van der Waals surface area contributed by atoms with Crippen LogP contribution in [-0.4, -0.2) is 14.8 Å². The zero-order chi connectivity index (χ0) is 12.4. The van der Waals surface area contributed by atoms with Gasteiger partial charge in [-0.2, -0.15) is 5.10 Å². The monoisotopic (exact) mass is 342 g/mol. The number of aromatic nitrogens is 3. The first-order valence-corrected chi connectivity index (χ1v) is 6.49. The molecule has 17 heavy (non-hydrogen) atoms. The van der Waals surface area contributed by atoms with Gasteiger partial charge in [0.15, 0.2) is 0 Å². The molecule has 1 N–H and O–H groups in total. The summed E-state index contributed by atoms with van der Waals surface area (Å²) in [6.07, 6.45) is 2.03. The van der Waals surface area contributed by atoms with Crippen LogP contribution in [0.2, 0.25) is 0 Å². The van der Waals surface area contributed by atoms with Crippen LogP contribution in [0.25, 0.3) is 0 Å². The molecule has 0 radical (unpaired) electrons. The van der Waals surface area contributed by atoms with Crippen molar-refractivity contribution < 1.29 is 0 Å². The van der Waals surface area contributed by atoms with E-state index in [1.54, 1.807) is 0 Å². The van der Waals surface area contributed by atoms with Crippen molar-refractivity contribution in [3.8, 4) is 0 Å². The van der Waals surface area contributed by atoms with Gasteiger partial charge in [-0.15, -0.1) is 0 Å². The number of hydrogen-bond donors (Lipinski definition) is 1. The van der Waals surface area contributed by atoms with Crippen LogP contribution in [0.1, 0.15) is 16.8 Å². The molecular weight excluding hydrogens is 327 g/mol. The third-order valence-electron chi connectivity index (χ3n) is 2.41. The van der Waals surface area contributed by atoms with Crippen molar-refractivity contribution >= 4 is 28.4 Å². The summed E-state index contributed by atoms with van der Waals surface area (Å²) in [4.78, 5) is 4.44. The lowest BCUT2D eigenvalue weighted by Gasteiger charge is -2.06. The first kappa shape index (κ1) is 12.3. The van der Waals surface area contributed by atoms with Crippen LogP contribution in [-0.2, 0) is 13.6 Å². The lowest BCUT2D eigenvalue weighted by atomic mass is 10.2. The second-order valence-electron chi connectivity index (χ2n) is 4.14. The van der Waals surface area contributed by atoms with Gasteiger partial charge in [-0.1, -0.05) is 0 Å². The highest BCUT2D eigenvalue weighted by Gasteiger charge is 2.04. The van der Waals surface area contributed by atoms with Gasteiger partial charge < -0.3 is 5.32 Å². The summed E-state index contributed by atoms with van der Waals surface area (Å²) >= 11 is 2.24. The molecule has 5 heteroatoms. The van der Waals surface area contributed by atoms with Crippen molar-refractivity contribution in [1.82, 2.24) is 14.8 Å². The smallest absolute Gasteiger partial charge is 0.128 e. The minimum absolute atomic E-state index is 0.752. The molecule has 4 nitrogen and oxygen atoms in total. The molecule has 0 amide bonds. The third-order valence-corrected chi connectivity index (χ3v) is 3.32. The Bertz CT molecular complexity index is 513. The van der Waals surface area contributed by atoms with Crippen molar-refractivity contribution in [3.05, 3.63) is 38.9 Å². The van der Waals surface area contributed by atoms with Gasteiger partial charge in [0.2, 0.25) is 0 Å². The van der Waals surface area contributed by atoms with E-state index in [0.29, 0.717) is 0 Å². The van der Waals surface area contributed by atoms with Crippen molar-refractivity contribution in [2.24, 2.45) is 7.05 Å². The molecule has 0 fully saturated rings. The summed E-state index contributed by atoms with van der Waals surface area (Å²) in [5.74, 6) is 0.919. The van der Waals surface area contributed by atoms with E-state index in [2.05, 4.69) is 57.0 Å². The molecule has 0 aromatic carbocycles. The van der Waals surface area contributed by atoms with E-state index in [-0.39, 0.29) is 0 Å². The molecule has 0 bridgehead atoms. The molecular formula is C12H15IN4. The first-order valence-electron chi connectivity index (χ1n) is 5.42. The van der Waals surface area contributed by atoms with Crippen molar-refractivity contribution in [2.45, 2.75) is 20.4 Å². The van der Waals surface area contributed by atoms with Gasteiger partial charge in [0.25, 0.3) is 0 Å². The molecule has 0 aliphatic heterocycles. The number of aryl methyl sites for hydroxylation is 3. The summed E-state index contributed by atoms with van der Waals surface area (Å²) in [6.45, 7) is 4.84. The quantitative estimate of drug-likeness (QED) is 0.872. The van der Waals surface area contributed by atoms with Crippen LogP contribution in [0.3, 0.4) is 0 Å². The standard InChI is InChI=1S/C12H15IN4/c1-8-4-9(2)15-11(5-8)14-6-10-7-17(3)16-12(10)13/h4-5,7H,6H2,1-3H3,(H,14,15). The van der Waals surface area contributed by atoms with Gasteiger partial charge in [-0.3, -0.25) is 4.68 Å². The highest BCUT2D eigenvalue weighted by molar-refractivity contribution is 14.1. The number of pyridine rings is 1. The van der Waals surface area contributed by atoms with Crippen LogP contribution in [0, 0.1) is 17.5 Å². The SMILES string of the molecule is Cc1cc(C)nc(NCc2cn(C)nc2I)c1. The molecule has 0 spiro atoms. The Labute approximate surface area is 115 Å². The zero-order valence-corrected chi connectivity index (χ0v) is 12.3. The van der Waals surface area contributed by atoms with E-state index in [1.165, 1.54) is 11.1 Å². The van der Waals surface area contributed by atoms with Gasteiger partial charge in [0, 0.05) is 31.0 Å². The third kappa shape index (κ3) is 3.18. The molecule has 2 aromatic heterocycles. The molecule has 0 aliphatic rings. The van der Waals surface area contributed by atoms with Crippen molar-refractivity contribution in [2.75, 3.05) is 5.32 Å². The van der Waals surface area contributed by atoms with E-state index in [4.69, 9.17) is 0 Å². The average Bonchev–Trinajstić information content (AvgIpc) is 2.53. The van der Waals surface area contributed by atoms with Crippen molar-refractivity contribution in [3.63, 3.8) is 0 Å². The zero-order valence-electron chi connectivity index (χ0n) is 10.2. The van der Waals surface area contributed by atoms with Crippen molar-refractivity contribution in [1.29, 1.82) is 0 Å². The second kappa shape index (κ2) is 5.03. The van der Waals surface area contributed by atoms with E-state index < -0.39 is 0 Å². The lowest BCUT2D eigenvalue weighted by Crippen LogP contribution is -2.02. The highest BCUT2D eigenvalue weighted by Crippen LogP contribution is 2.13. The lowest BCUT2D eigenvalue weighted by molar-refractivity contribution is 0.759. The number of nitrogens with one attached hydrogen (secondary N) is 1. The average molecular weight is 342 g/mol. The fourth-order valence-corrected chi connectivity index (χ4v) is 2.42. The molecule has 2 heterocycles. The normalized spacial score (nSPS) is 10.6. The maximum absolute atomic E-state index is 4.44. The summed E-state index contributed by atoms with van der Waals surface area (Å²) < 4.78 is 2.86. The van der Waals surface area contributed by atoms with E-state index >= 15 is 0 Å². The summed E-state index contributed by atoms with van der Waals surface area (Å²) in [7, 11) is 1.93. The predicted octanol–water partition coefficient (Wildman–Crippen LogP) is 2.65. The molecule has 2 rings (SSSR count). The van der Waals surface area contributed by atoms with E-state index in [9.17, 15) is 0 Å². The highest BCUT2D eigenvalue weighted by atomic mass is 127. The Kier molecular flexibility index (Phi) is 3.66. The Morgan fingerprint density at radius 1 is 1.35 bits per heavy atom. The Morgan fingerprint density at radius 2 is 2.12 bits per heavy atom. The number of nitrogens with zero attached hydrogens (tertiary/aromatic N) is 3. The van der Waals surface area contributed by atoms with Gasteiger partial charge in [-0.05, 0) is 54.1 Å². The summed E-state index contributed by atoms with van der Waals surface area (Å²) in [6, 6.07) is 4.12. The van der Waals surface area contributed by atoms with Gasteiger partial charge in [-0.25, -0.2) is 4.98 Å². The van der Waals surface area contributed by atoms with Crippen LogP contribution in [0.5, 0.6) is 0 Å². The minimum atomic E-state index is 0.752. The maximum Gasteiger partial charge on any atom is 0.128 e. The van der Waals surface area contributed by atoms with Gasteiger partial charge in [0.05, 0.1) is 0 Å². The minimum Gasteiger partial charge on any atom is -0.366 e. The number of hydrogen-bond acceptors (Lipinski definition) is 3. The predicted molar refractivity (Wildman–Crippen MR) is 77.0 cm³/mol. The van der Waals surface area contributed by atoms with E-state index in [0.717, 1.165) is 21.8 Å². The molecule has 0 saturated heterocycles. The number of halogens is 1. The molecule has 0 atom stereocenters. The van der Waals surface area contributed by atoms with Crippen LogP contribution >= 0.6 is 22.6 Å². The van der Waals surface area contributed by atoms with Gasteiger partial charge in [0.1, 0.15) is 9.52 Å². The van der Waals surface area contributed by atoms with Crippen LogP contribution < -0.4 is 5.32 Å². The summed E-state index contributed by atoms with van der Waals surface area (Å²) in [5.41, 5.74) is 3.45. The molecule has 0 unspecified atom stereocenters. The Morgan fingerprint density at radius 3 is 2.71 bits per heavy atom. The Balaban J connectivity index is 2.09. The summed E-state index contributed by atoms with van der Waals surface area (Å²) in [5, 5.41) is 7.63. The maximum atomic E-state index is 4.44. The molecule has 0 aliphatic carbocycles. The fourth-order valence-electron chi connectivity index (χ4n) is 1.75. The second-order valence-corrected chi connectivity index (χ2v) is 5.17. The molecule has 0 saturated carbocycles. The molecule has 90 valence electrons. The van der Waals surface area contributed by atoms with Crippen LogP contribution in [0.15, 0.2) is 18.3 Å².